The number of nitrogens with one attached hydrogen (secondary N) is 1. The molecule has 0 aromatic carbocycles. The molecule has 1 N–H and O–H groups in total. The number of aromatic nitrogens is 3. The molecular weight excluding hydrogens is 305 g/mol. The Kier molecular flexibility index (Phi) is 4.29. The summed E-state index contributed by atoms with van der Waals surface area (Å²) in [6.07, 6.45) is -4.89. The predicted octanol–water partition coefficient (Wildman–Crippen LogP) is 1.59. The summed E-state index contributed by atoms with van der Waals surface area (Å²) in [5.74, 6) is 0.150. The van der Waals surface area contributed by atoms with Crippen molar-refractivity contribution < 1.29 is 22.5 Å². The molecule has 0 saturated heterocycles. The highest BCUT2D eigenvalue weighted by Crippen LogP contribution is 2.26. The van der Waals surface area contributed by atoms with Crippen LogP contribution in [0.3, 0.4) is 0 Å². The van der Waals surface area contributed by atoms with Crippen LogP contribution in [0.25, 0.3) is 0 Å². The van der Waals surface area contributed by atoms with Gasteiger partial charge in [0.25, 0.3) is 5.56 Å². The Labute approximate surface area is 121 Å². The number of anilines is 1. The van der Waals surface area contributed by atoms with Crippen LogP contribution in [0.5, 0.6) is 0 Å². The molecule has 0 unspecified atom stereocenters. The van der Waals surface area contributed by atoms with Crippen LogP contribution >= 0.6 is 0 Å². The number of nitrogens with zero attached hydrogens (tertiary/aromatic N) is 3. The van der Waals surface area contributed by atoms with Gasteiger partial charge < -0.3 is 9.84 Å². The zero-order chi connectivity index (χ0) is 16.3. The van der Waals surface area contributed by atoms with Crippen molar-refractivity contribution >= 4 is 11.7 Å². The van der Waals surface area contributed by atoms with Crippen LogP contribution in [0.1, 0.15) is 17.9 Å². The van der Waals surface area contributed by atoms with Crippen molar-refractivity contribution in [3.05, 3.63) is 40.0 Å². The third-order valence-electron chi connectivity index (χ3n) is 2.60. The summed E-state index contributed by atoms with van der Waals surface area (Å²) in [7, 11) is 0. The lowest BCUT2D eigenvalue weighted by atomic mass is 10.3. The van der Waals surface area contributed by atoms with Gasteiger partial charge in [-0.15, -0.1) is 0 Å². The lowest BCUT2D eigenvalue weighted by Crippen LogP contribution is -2.27. The zero-order valence-electron chi connectivity index (χ0n) is 11.3. The SMILES string of the molecule is Cc1cc(NC(=O)CCn2nc(C(F)(F)F)ccc2=O)no1. The fourth-order valence-corrected chi connectivity index (χ4v) is 1.60. The molecule has 2 rings (SSSR count). The van der Waals surface area contributed by atoms with E-state index in [1.165, 1.54) is 6.07 Å². The van der Waals surface area contributed by atoms with Crippen LogP contribution in [0.15, 0.2) is 27.5 Å². The largest absolute Gasteiger partial charge is 0.435 e. The third-order valence-corrected chi connectivity index (χ3v) is 2.60. The summed E-state index contributed by atoms with van der Waals surface area (Å²) in [6.45, 7) is 1.35. The molecule has 0 aliphatic rings. The van der Waals surface area contributed by atoms with Crippen LogP contribution in [0.2, 0.25) is 0 Å². The van der Waals surface area contributed by atoms with Crippen molar-refractivity contribution in [1.29, 1.82) is 0 Å². The fourth-order valence-electron chi connectivity index (χ4n) is 1.60. The number of rotatable bonds is 4. The quantitative estimate of drug-likeness (QED) is 0.925. The molecule has 2 aromatic heterocycles. The van der Waals surface area contributed by atoms with Crippen LogP contribution in [0, 0.1) is 6.92 Å². The molecular formula is C12H11F3N4O3. The normalized spacial score (nSPS) is 11.5. The number of hydrogen-bond acceptors (Lipinski definition) is 5. The summed E-state index contributed by atoms with van der Waals surface area (Å²) < 4.78 is 42.9. The number of carbonyl (C=O) groups is 1. The molecule has 0 saturated carbocycles. The van der Waals surface area contributed by atoms with E-state index >= 15 is 0 Å². The molecule has 0 atom stereocenters. The Hall–Kier alpha value is -2.65. The van der Waals surface area contributed by atoms with Crippen molar-refractivity contribution in [2.75, 3.05) is 5.32 Å². The Balaban J connectivity index is 2.02. The molecule has 0 aliphatic heterocycles. The Morgan fingerprint density at radius 3 is 2.73 bits per heavy atom. The number of hydrogen-bond donors (Lipinski definition) is 1. The number of aryl methyl sites for hydroxylation is 2. The van der Waals surface area contributed by atoms with Gasteiger partial charge in [0.05, 0.1) is 6.54 Å². The number of carbonyl (C=O) groups excluding carboxylic acids is 1. The first-order chi connectivity index (χ1) is 10.3. The van der Waals surface area contributed by atoms with Crippen molar-refractivity contribution in [3.8, 4) is 0 Å². The standard InChI is InChI=1S/C12H11F3N4O3/c1-7-6-9(18-22-7)16-10(20)4-5-19-11(21)3-2-8(17-19)12(13,14)15/h2-3,6H,4-5H2,1H3,(H,16,18,20). The highest BCUT2D eigenvalue weighted by Gasteiger charge is 2.33. The van der Waals surface area contributed by atoms with Crippen LogP contribution in [-0.2, 0) is 17.5 Å². The highest BCUT2D eigenvalue weighted by atomic mass is 19.4. The second-order valence-corrected chi connectivity index (χ2v) is 4.40. The van der Waals surface area contributed by atoms with Crippen molar-refractivity contribution in [1.82, 2.24) is 14.9 Å². The van der Waals surface area contributed by atoms with Gasteiger partial charge in [-0.25, -0.2) is 4.68 Å². The minimum absolute atomic E-state index is 0.187. The van der Waals surface area contributed by atoms with Gasteiger partial charge in [-0.1, -0.05) is 5.16 Å². The van der Waals surface area contributed by atoms with Crippen molar-refractivity contribution in [3.63, 3.8) is 0 Å². The van der Waals surface area contributed by atoms with Crippen LogP contribution < -0.4 is 10.9 Å². The summed E-state index contributed by atoms with van der Waals surface area (Å²) in [5.41, 5.74) is -1.92. The predicted molar refractivity (Wildman–Crippen MR) is 68.0 cm³/mol. The maximum Gasteiger partial charge on any atom is 0.435 e. The first-order valence-electron chi connectivity index (χ1n) is 6.14. The molecule has 2 heterocycles. The fraction of sp³-hybridized carbons (Fsp3) is 0.333. The lowest BCUT2D eigenvalue weighted by molar-refractivity contribution is -0.142. The summed E-state index contributed by atoms with van der Waals surface area (Å²) in [6, 6.07) is 2.83. The molecule has 1 amide bonds. The van der Waals surface area contributed by atoms with E-state index in [2.05, 4.69) is 15.6 Å². The zero-order valence-corrected chi connectivity index (χ0v) is 11.3. The van der Waals surface area contributed by atoms with Gasteiger partial charge in [0.2, 0.25) is 5.91 Å². The monoisotopic (exact) mass is 316 g/mol. The molecule has 22 heavy (non-hydrogen) atoms. The summed E-state index contributed by atoms with van der Waals surface area (Å²) in [5, 5.41) is 9.11. The smallest absolute Gasteiger partial charge is 0.360 e. The van der Waals surface area contributed by atoms with Gasteiger partial charge in [-0.2, -0.15) is 18.3 Å². The average molecular weight is 316 g/mol. The van der Waals surface area contributed by atoms with Gasteiger partial charge in [0, 0.05) is 18.6 Å². The van der Waals surface area contributed by atoms with Gasteiger partial charge in [-0.05, 0) is 13.0 Å². The molecule has 2 aromatic rings. The molecule has 10 heteroatoms. The molecule has 0 radical (unpaired) electrons. The van der Waals surface area contributed by atoms with E-state index in [9.17, 15) is 22.8 Å². The van der Waals surface area contributed by atoms with E-state index in [1.54, 1.807) is 6.92 Å². The number of halogens is 3. The van der Waals surface area contributed by atoms with Gasteiger partial charge in [-0.3, -0.25) is 9.59 Å². The second-order valence-electron chi connectivity index (χ2n) is 4.40. The first-order valence-corrected chi connectivity index (χ1v) is 6.14. The second kappa shape index (κ2) is 6.00. The Morgan fingerprint density at radius 2 is 2.14 bits per heavy atom. The van der Waals surface area contributed by atoms with E-state index in [-0.39, 0.29) is 18.8 Å². The van der Waals surface area contributed by atoms with Gasteiger partial charge in [0.15, 0.2) is 11.5 Å². The third kappa shape index (κ3) is 3.93. The maximum atomic E-state index is 12.5. The molecule has 0 bridgehead atoms. The summed E-state index contributed by atoms with van der Waals surface area (Å²) in [4.78, 5) is 23.1. The first kappa shape index (κ1) is 15.7. The molecule has 0 spiro atoms. The number of alkyl halides is 3. The maximum absolute atomic E-state index is 12.5. The minimum atomic E-state index is -4.66. The molecule has 0 aliphatic carbocycles. The van der Waals surface area contributed by atoms with E-state index in [4.69, 9.17) is 4.52 Å². The van der Waals surface area contributed by atoms with Crippen LogP contribution in [-0.4, -0.2) is 20.8 Å². The molecule has 0 fully saturated rings. The summed E-state index contributed by atoms with van der Waals surface area (Å²) >= 11 is 0. The average Bonchev–Trinajstić information content (AvgIpc) is 2.81. The topological polar surface area (TPSA) is 90.0 Å². The minimum Gasteiger partial charge on any atom is -0.360 e. The van der Waals surface area contributed by atoms with Gasteiger partial charge >= 0.3 is 6.18 Å². The lowest BCUT2D eigenvalue weighted by Gasteiger charge is -2.08. The molecule has 118 valence electrons. The van der Waals surface area contributed by atoms with Gasteiger partial charge in [0.1, 0.15) is 5.76 Å². The van der Waals surface area contributed by atoms with E-state index in [0.29, 0.717) is 16.5 Å². The van der Waals surface area contributed by atoms with E-state index in [0.717, 1.165) is 6.07 Å². The Bertz CT molecular complexity index is 736. The van der Waals surface area contributed by atoms with Crippen molar-refractivity contribution in [2.24, 2.45) is 0 Å². The number of amides is 1. The van der Waals surface area contributed by atoms with Crippen LogP contribution in [0.4, 0.5) is 19.0 Å². The van der Waals surface area contributed by atoms with E-state index < -0.39 is 23.3 Å². The molecule has 7 nitrogen and oxygen atoms in total. The van der Waals surface area contributed by atoms with Crippen molar-refractivity contribution in [2.45, 2.75) is 26.1 Å². The highest BCUT2D eigenvalue weighted by molar-refractivity contribution is 5.89. The van der Waals surface area contributed by atoms with E-state index in [1.807, 2.05) is 0 Å². The Morgan fingerprint density at radius 1 is 1.41 bits per heavy atom.